The molecule has 3 nitrogen and oxygen atoms in total. The molecule has 0 aliphatic heterocycles. The van der Waals surface area contributed by atoms with Crippen LogP contribution in [0.2, 0.25) is 0 Å². The van der Waals surface area contributed by atoms with Gasteiger partial charge in [0.1, 0.15) is 0 Å². The molecule has 1 aliphatic rings. The van der Waals surface area contributed by atoms with Gasteiger partial charge in [-0.1, -0.05) is 32.1 Å². The maximum Gasteiger partial charge on any atom is 0.0623 e. The van der Waals surface area contributed by atoms with Crippen LogP contribution in [0, 0.1) is 12.8 Å². The minimum atomic E-state index is -0.196. The summed E-state index contributed by atoms with van der Waals surface area (Å²) in [6.07, 6.45) is 9.57. The van der Waals surface area contributed by atoms with Crippen LogP contribution in [-0.2, 0) is 13.5 Å². The topological polar surface area (TPSA) is 38.0 Å². The zero-order valence-electron chi connectivity index (χ0n) is 11.7. The van der Waals surface area contributed by atoms with Crippen molar-refractivity contribution in [3.63, 3.8) is 0 Å². The van der Waals surface area contributed by atoms with Gasteiger partial charge >= 0.3 is 0 Å². The molecule has 1 aromatic rings. The van der Waals surface area contributed by atoms with Gasteiger partial charge in [0.15, 0.2) is 0 Å². The highest BCUT2D eigenvalue weighted by Gasteiger charge is 2.21. The molecule has 18 heavy (non-hydrogen) atoms. The SMILES string of the molecule is Cc1cc(CC(O)C2CCCCCCC2)n(C)n1. The quantitative estimate of drug-likeness (QED) is 0.895. The van der Waals surface area contributed by atoms with E-state index in [1.54, 1.807) is 0 Å². The first kappa shape index (κ1) is 13.6. The van der Waals surface area contributed by atoms with E-state index in [0.717, 1.165) is 17.8 Å². The molecule has 0 saturated heterocycles. The molecule has 1 saturated carbocycles. The maximum absolute atomic E-state index is 10.4. The van der Waals surface area contributed by atoms with Crippen LogP contribution in [0.25, 0.3) is 0 Å². The highest BCUT2D eigenvalue weighted by molar-refractivity contribution is 5.09. The van der Waals surface area contributed by atoms with Gasteiger partial charge in [0.2, 0.25) is 0 Å². The Hall–Kier alpha value is -0.830. The minimum Gasteiger partial charge on any atom is -0.392 e. The Morgan fingerprint density at radius 3 is 2.44 bits per heavy atom. The molecule has 1 atom stereocenters. The fourth-order valence-electron chi connectivity index (χ4n) is 3.11. The number of hydrogen-bond acceptors (Lipinski definition) is 2. The summed E-state index contributed by atoms with van der Waals surface area (Å²) >= 11 is 0. The lowest BCUT2D eigenvalue weighted by Crippen LogP contribution is -2.24. The molecule has 3 heteroatoms. The molecule has 0 bridgehead atoms. The van der Waals surface area contributed by atoms with Crippen molar-refractivity contribution >= 4 is 0 Å². The van der Waals surface area contributed by atoms with Crippen molar-refractivity contribution in [2.75, 3.05) is 0 Å². The van der Waals surface area contributed by atoms with Crippen LogP contribution in [0.1, 0.15) is 56.3 Å². The molecule has 1 aromatic heterocycles. The van der Waals surface area contributed by atoms with Gasteiger partial charge in [-0.3, -0.25) is 4.68 Å². The van der Waals surface area contributed by atoms with E-state index < -0.39 is 0 Å². The summed E-state index contributed by atoms with van der Waals surface area (Å²) in [5.41, 5.74) is 2.19. The van der Waals surface area contributed by atoms with Crippen LogP contribution < -0.4 is 0 Å². The lowest BCUT2D eigenvalue weighted by Gasteiger charge is -2.24. The average Bonchev–Trinajstić information content (AvgIpc) is 2.56. The fraction of sp³-hybridized carbons (Fsp3) is 0.800. The molecule has 1 heterocycles. The van der Waals surface area contributed by atoms with Crippen LogP contribution in [0.3, 0.4) is 0 Å². The molecular formula is C15H26N2O. The van der Waals surface area contributed by atoms with Crippen molar-refractivity contribution in [2.24, 2.45) is 13.0 Å². The first-order valence-corrected chi connectivity index (χ1v) is 7.34. The Morgan fingerprint density at radius 1 is 1.28 bits per heavy atom. The second-order valence-electron chi connectivity index (χ2n) is 5.78. The van der Waals surface area contributed by atoms with Crippen molar-refractivity contribution in [1.82, 2.24) is 9.78 Å². The normalized spacial score (nSPS) is 20.4. The predicted molar refractivity (Wildman–Crippen MR) is 73.5 cm³/mol. The van der Waals surface area contributed by atoms with E-state index in [1.165, 1.54) is 44.9 Å². The molecular weight excluding hydrogens is 224 g/mol. The van der Waals surface area contributed by atoms with Crippen molar-refractivity contribution in [3.8, 4) is 0 Å². The zero-order valence-corrected chi connectivity index (χ0v) is 11.7. The highest BCUT2D eigenvalue weighted by atomic mass is 16.3. The molecule has 0 spiro atoms. The fourth-order valence-corrected chi connectivity index (χ4v) is 3.11. The Morgan fingerprint density at radius 2 is 1.89 bits per heavy atom. The monoisotopic (exact) mass is 250 g/mol. The number of aromatic nitrogens is 2. The van der Waals surface area contributed by atoms with Gasteiger partial charge in [-0.25, -0.2) is 0 Å². The Labute approximate surface area is 110 Å². The molecule has 0 radical (unpaired) electrons. The van der Waals surface area contributed by atoms with Gasteiger partial charge in [0.05, 0.1) is 11.8 Å². The second-order valence-corrected chi connectivity index (χ2v) is 5.78. The zero-order chi connectivity index (χ0) is 13.0. The lowest BCUT2D eigenvalue weighted by atomic mass is 9.85. The van der Waals surface area contributed by atoms with Gasteiger partial charge in [0.25, 0.3) is 0 Å². The Kier molecular flexibility index (Phi) is 4.81. The van der Waals surface area contributed by atoms with E-state index in [1.807, 2.05) is 18.7 Å². The molecule has 1 unspecified atom stereocenters. The van der Waals surface area contributed by atoms with Crippen LogP contribution in [0.4, 0.5) is 0 Å². The van der Waals surface area contributed by atoms with Crippen LogP contribution in [0.15, 0.2) is 6.07 Å². The number of nitrogens with zero attached hydrogens (tertiary/aromatic N) is 2. The first-order valence-electron chi connectivity index (χ1n) is 7.34. The Bertz CT molecular complexity index is 365. The summed E-state index contributed by atoms with van der Waals surface area (Å²) in [5.74, 6) is 0.487. The standard InChI is InChI=1S/C15H26N2O/c1-12-10-14(17(2)16-12)11-15(18)13-8-6-4-3-5-7-9-13/h10,13,15,18H,3-9,11H2,1-2H3. The number of hydrogen-bond donors (Lipinski definition) is 1. The summed E-state index contributed by atoms with van der Waals surface area (Å²) in [6.45, 7) is 2.01. The molecule has 0 amide bonds. The number of aryl methyl sites for hydroxylation is 2. The second kappa shape index (κ2) is 6.37. The van der Waals surface area contributed by atoms with Gasteiger partial charge in [-0.05, 0) is 31.7 Å². The van der Waals surface area contributed by atoms with Crippen LogP contribution in [0.5, 0.6) is 0 Å². The Balaban J connectivity index is 1.93. The van der Waals surface area contributed by atoms with Crippen molar-refractivity contribution < 1.29 is 5.11 Å². The predicted octanol–water partition coefficient (Wildman–Crippen LogP) is 2.99. The van der Waals surface area contributed by atoms with Gasteiger partial charge < -0.3 is 5.11 Å². The first-order chi connectivity index (χ1) is 8.66. The van der Waals surface area contributed by atoms with Crippen molar-refractivity contribution in [2.45, 2.75) is 64.4 Å². The summed E-state index contributed by atoms with van der Waals surface area (Å²) in [6, 6.07) is 2.09. The van der Waals surface area contributed by atoms with E-state index in [2.05, 4.69) is 11.2 Å². The number of aliphatic hydroxyl groups is 1. The van der Waals surface area contributed by atoms with Gasteiger partial charge in [-0.15, -0.1) is 0 Å². The minimum absolute atomic E-state index is 0.196. The lowest BCUT2D eigenvalue weighted by molar-refractivity contribution is 0.0896. The summed E-state index contributed by atoms with van der Waals surface area (Å²) in [7, 11) is 1.97. The van der Waals surface area contributed by atoms with E-state index in [-0.39, 0.29) is 6.10 Å². The van der Waals surface area contributed by atoms with E-state index in [9.17, 15) is 5.11 Å². The molecule has 1 N–H and O–H groups in total. The molecule has 2 rings (SSSR count). The van der Waals surface area contributed by atoms with Crippen LogP contribution in [-0.4, -0.2) is 21.0 Å². The summed E-state index contributed by atoms with van der Waals surface area (Å²) in [5, 5.41) is 14.8. The highest BCUT2D eigenvalue weighted by Crippen LogP contribution is 2.26. The van der Waals surface area contributed by atoms with E-state index >= 15 is 0 Å². The smallest absolute Gasteiger partial charge is 0.0623 e. The van der Waals surface area contributed by atoms with Crippen LogP contribution >= 0.6 is 0 Å². The van der Waals surface area contributed by atoms with E-state index in [4.69, 9.17) is 0 Å². The molecule has 102 valence electrons. The molecule has 1 aliphatic carbocycles. The largest absolute Gasteiger partial charge is 0.392 e. The maximum atomic E-state index is 10.4. The summed E-state index contributed by atoms with van der Waals surface area (Å²) in [4.78, 5) is 0. The van der Waals surface area contributed by atoms with Crippen molar-refractivity contribution in [1.29, 1.82) is 0 Å². The number of rotatable bonds is 3. The van der Waals surface area contributed by atoms with Gasteiger partial charge in [-0.2, -0.15) is 5.10 Å². The molecule has 0 aromatic carbocycles. The summed E-state index contributed by atoms with van der Waals surface area (Å²) < 4.78 is 1.90. The number of aliphatic hydroxyl groups excluding tert-OH is 1. The average molecular weight is 250 g/mol. The van der Waals surface area contributed by atoms with Crippen molar-refractivity contribution in [3.05, 3.63) is 17.5 Å². The third kappa shape index (κ3) is 3.58. The molecule has 1 fully saturated rings. The van der Waals surface area contributed by atoms with Gasteiger partial charge in [0, 0.05) is 19.2 Å². The third-order valence-electron chi connectivity index (χ3n) is 4.21. The van der Waals surface area contributed by atoms with E-state index in [0.29, 0.717) is 5.92 Å². The third-order valence-corrected chi connectivity index (χ3v) is 4.21.